The maximum Gasteiger partial charge on any atom is 0.171 e. The van der Waals surface area contributed by atoms with Crippen molar-refractivity contribution in [1.82, 2.24) is 0 Å². The van der Waals surface area contributed by atoms with E-state index in [1.165, 1.54) is 9.80 Å². The van der Waals surface area contributed by atoms with Crippen molar-refractivity contribution in [2.75, 3.05) is 55.5 Å². The highest BCUT2D eigenvalue weighted by Crippen LogP contribution is 2.21. The number of rotatable bonds is 15. The van der Waals surface area contributed by atoms with Crippen molar-refractivity contribution in [3.8, 4) is 11.5 Å². The molecule has 0 saturated carbocycles. The molecule has 2 rings (SSSR count). The van der Waals surface area contributed by atoms with E-state index >= 15 is 0 Å². The van der Waals surface area contributed by atoms with Crippen molar-refractivity contribution in [2.24, 2.45) is 11.8 Å². The van der Waals surface area contributed by atoms with Gasteiger partial charge in [0.2, 0.25) is 0 Å². The Morgan fingerprint density at radius 2 is 0.971 bits per heavy atom. The second kappa shape index (κ2) is 13.9. The molecular formula is C28H42N2O4+2. The molecule has 0 aliphatic carbocycles. The van der Waals surface area contributed by atoms with Gasteiger partial charge in [-0.05, 0) is 61.4 Å². The number of quaternary nitrogens is 2. The smallest absolute Gasteiger partial charge is 0.171 e. The van der Waals surface area contributed by atoms with E-state index in [1.807, 2.05) is 48.5 Å². The number of benzene rings is 2. The summed E-state index contributed by atoms with van der Waals surface area (Å²) >= 11 is 0. The minimum Gasteiger partial charge on any atom is -0.497 e. The van der Waals surface area contributed by atoms with Crippen molar-refractivity contribution in [3.63, 3.8) is 0 Å². The monoisotopic (exact) mass is 470 g/mol. The summed E-state index contributed by atoms with van der Waals surface area (Å²) in [7, 11) is 11.6. The number of nitrogens with one attached hydrogen (secondary N) is 2. The fraction of sp³-hybridized carbons (Fsp3) is 0.500. The molecule has 0 saturated heterocycles. The number of carbonyl (C=O) groups excluding carboxylic acids is 2. The molecule has 2 aromatic carbocycles. The van der Waals surface area contributed by atoms with Crippen molar-refractivity contribution in [1.29, 1.82) is 0 Å². The summed E-state index contributed by atoms with van der Waals surface area (Å²) in [4.78, 5) is 28.9. The molecule has 2 aromatic rings. The maximum absolute atomic E-state index is 13.2. The van der Waals surface area contributed by atoms with Crippen molar-refractivity contribution < 1.29 is 28.9 Å². The van der Waals surface area contributed by atoms with Crippen LogP contribution in [-0.2, 0) is 0 Å². The van der Waals surface area contributed by atoms with Crippen LogP contribution >= 0.6 is 0 Å². The number of hydrogen-bond donors (Lipinski definition) is 2. The third kappa shape index (κ3) is 8.58. The summed E-state index contributed by atoms with van der Waals surface area (Å²) in [5.74, 6) is 1.81. The molecule has 0 fully saturated rings. The van der Waals surface area contributed by atoms with Gasteiger partial charge in [0.25, 0.3) is 0 Å². The first-order valence-corrected chi connectivity index (χ1v) is 12.2. The summed E-state index contributed by atoms with van der Waals surface area (Å²) in [6, 6.07) is 14.8. The van der Waals surface area contributed by atoms with E-state index in [4.69, 9.17) is 9.47 Å². The number of methoxy groups -OCH3 is 2. The molecule has 0 heterocycles. The molecule has 0 amide bonds. The first kappa shape index (κ1) is 27.5. The van der Waals surface area contributed by atoms with E-state index < -0.39 is 0 Å². The van der Waals surface area contributed by atoms with Crippen LogP contribution < -0.4 is 19.3 Å². The van der Waals surface area contributed by atoms with E-state index in [0.29, 0.717) is 0 Å². The molecule has 0 aromatic heterocycles. The van der Waals surface area contributed by atoms with E-state index in [9.17, 15) is 9.59 Å². The first-order valence-electron chi connectivity index (χ1n) is 12.2. The average molecular weight is 471 g/mol. The summed E-state index contributed by atoms with van der Waals surface area (Å²) < 4.78 is 10.4. The second-order valence-corrected chi connectivity index (χ2v) is 9.69. The molecule has 34 heavy (non-hydrogen) atoms. The van der Waals surface area contributed by atoms with Gasteiger partial charge in [0.15, 0.2) is 11.6 Å². The lowest BCUT2D eigenvalue weighted by molar-refractivity contribution is -0.861. The third-order valence-corrected chi connectivity index (χ3v) is 6.16. The first-order chi connectivity index (χ1) is 16.2. The fourth-order valence-electron chi connectivity index (χ4n) is 4.40. The molecule has 0 radical (unpaired) electrons. The Labute approximate surface area is 204 Å². The van der Waals surface area contributed by atoms with Gasteiger partial charge >= 0.3 is 0 Å². The average Bonchev–Trinajstić information content (AvgIpc) is 2.83. The molecule has 0 bridgehead atoms. The molecular weight excluding hydrogens is 428 g/mol. The van der Waals surface area contributed by atoms with Crippen molar-refractivity contribution in [2.45, 2.75) is 25.7 Å². The standard InChI is InChI=1S/C28H40N2O4/c1-29(2)19-23(27(31)21-11-15-25(33-5)16-12-21)9-7-8-10-24(20-30(3)4)28(32)22-13-17-26(34-6)18-14-22/h11-18,23-24H,7-10,19-20H2,1-6H3/p+2. The van der Waals surface area contributed by atoms with Crippen molar-refractivity contribution in [3.05, 3.63) is 59.7 Å². The zero-order valence-electron chi connectivity index (χ0n) is 21.6. The van der Waals surface area contributed by atoms with Gasteiger partial charge in [-0.3, -0.25) is 9.59 Å². The number of carbonyl (C=O) groups is 2. The molecule has 2 unspecified atom stereocenters. The highest BCUT2D eigenvalue weighted by Gasteiger charge is 2.25. The van der Waals surface area contributed by atoms with E-state index in [2.05, 4.69) is 28.2 Å². The summed E-state index contributed by atoms with van der Waals surface area (Å²) in [6.07, 6.45) is 3.51. The van der Waals surface area contributed by atoms with Crippen LogP contribution in [0.4, 0.5) is 0 Å². The molecule has 2 atom stereocenters. The zero-order chi connectivity index (χ0) is 25.1. The van der Waals surface area contributed by atoms with E-state index in [-0.39, 0.29) is 23.4 Å². The lowest BCUT2D eigenvalue weighted by Gasteiger charge is -2.20. The maximum atomic E-state index is 13.2. The summed E-state index contributed by atoms with van der Waals surface area (Å²) in [5, 5.41) is 0. The Balaban J connectivity index is 1.99. The normalized spacial score (nSPS) is 13.1. The second-order valence-electron chi connectivity index (χ2n) is 9.69. The van der Waals surface area contributed by atoms with Crippen LogP contribution in [0.1, 0.15) is 46.4 Å². The SMILES string of the molecule is COc1ccc(C(=O)C(CCCCC(C[NH+](C)C)C(=O)c2ccc(OC)cc2)C[NH+](C)C)cc1. The fourth-order valence-corrected chi connectivity index (χ4v) is 4.40. The van der Waals surface area contributed by atoms with Gasteiger partial charge in [-0.15, -0.1) is 0 Å². The number of ether oxygens (including phenoxy) is 2. The number of Topliss-reactive ketones (excluding diaryl/α,β-unsaturated/α-hetero) is 2. The van der Waals surface area contributed by atoms with Crippen LogP contribution in [0.2, 0.25) is 0 Å². The highest BCUT2D eigenvalue weighted by molar-refractivity contribution is 5.98. The van der Waals surface area contributed by atoms with Crippen LogP contribution in [0.3, 0.4) is 0 Å². The highest BCUT2D eigenvalue weighted by atomic mass is 16.5. The molecule has 186 valence electrons. The van der Waals surface area contributed by atoms with Crippen LogP contribution in [0.5, 0.6) is 11.5 Å². The van der Waals surface area contributed by atoms with Crippen molar-refractivity contribution >= 4 is 11.6 Å². The Morgan fingerprint density at radius 3 is 1.24 bits per heavy atom. The number of ketones is 2. The van der Waals surface area contributed by atoms with Gasteiger partial charge < -0.3 is 19.3 Å². The summed E-state index contributed by atoms with van der Waals surface area (Å²) in [6.45, 7) is 1.59. The third-order valence-electron chi connectivity index (χ3n) is 6.16. The van der Waals surface area contributed by atoms with E-state index in [1.54, 1.807) is 14.2 Å². The number of unbranched alkanes of at least 4 members (excludes halogenated alkanes) is 1. The lowest BCUT2D eigenvalue weighted by atomic mass is 9.88. The van der Waals surface area contributed by atoms with Gasteiger partial charge in [0, 0.05) is 11.1 Å². The Morgan fingerprint density at radius 1 is 0.647 bits per heavy atom. The number of hydrogen-bond acceptors (Lipinski definition) is 4. The van der Waals surface area contributed by atoms with Crippen LogP contribution in [-0.4, -0.2) is 67.1 Å². The topological polar surface area (TPSA) is 61.5 Å². The molecule has 2 N–H and O–H groups in total. The van der Waals surface area contributed by atoms with Crippen LogP contribution in [0, 0.1) is 11.8 Å². The quantitative estimate of drug-likeness (QED) is 0.308. The molecule has 0 spiro atoms. The predicted octanol–water partition coefficient (Wildman–Crippen LogP) is 1.85. The van der Waals surface area contributed by atoms with Gasteiger partial charge in [-0.25, -0.2) is 0 Å². The minimum atomic E-state index is -0.0337. The Bertz CT molecular complexity index is 816. The van der Waals surface area contributed by atoms with Crippen LogP contribution in [0.15, 0.2) is 48.5 Å². The zero-order valence-corrected chi connectivity index (χ0v) is 21.6. The Hall–Kier alpha value is -2.70. The molecule has 0 aliphatic rings. The lowest BCUT2D eigenvalue weighted by Crippen LogP contribution is -3.06. The predicted molar refractivity (Wildman–Crippen MR) is 135 cm³/mol. The van der Waals surface area contributed by atoms with Gasteiger partial charge in [-0.2, -0.15) is 0 Å². The summed E-state index contributed by atoms with van der Waals surface area (Å²) in [5.41, 5.74) is 1.46. The Kier molecular flexibility index (Phi) is 11.2. The minimum absolute atomic E-state index is 0.0337. The molecule has 0 aliphatic heterocycles. The largest absolute Gasteiger partial charge is 0.497 e. The molecule has 6 nitrogen and oxygen atoms in total. The van der Waals surface area contributed by atoms with Gasteiger partial charge in [0.05, 0.1) is 67.3 Å². The van der Waals surface area contributed by atoms with Crippen LogP contribution in [0.25, 0.3) is 0 Å². The molecule has 6 heteroatoms. The van der Waals surface area contributed by atoms with E-state index in [0.717, 1.165) is 61.4 Å². The van der Waals surface area contributed by atoms with Gasteiger partial charge in [0.1, 0.15) is 11.5 Å². The van der Waals surface area contributed by atoms with Gasteiger partial charge in [-0.1, -0.05) is 12.8 Å².